The van der Waals surface area contributed by atoms with Gasteiger partial charge in [-0.05, 0) is 57.4 Å². The van der Waals surface area contributed by atoms with E-state index in [9.17, 15) is 0 Å². The van der Waals surface area contributed by atoms with Crippen molar-refractivity contribution < 1.29 is 0 Å². The summed E-state index contributed by atoms with van der Waals surface area (Å²) >= 11 is 5.58. The highest BCUT2D eigenvalue weighted by Crippen LogP contribution is 2.42. The Morgan fingerprint density at radius 3 is 2.11 bits per heavy atom. The third-order valence-corrected chi connectivity index (χ3v) is 8.72. The Labute approximate surface area is 215 Å². The molecule has 0 spiro atoms. The summed E-state index contributed by atoms with van der Waals surface area (Å²) in [6.07, 6.45) is 0. The highest BCUT2D eigenvalue weighted by molar-refractivity contribution is 9.10. The van der Waals surface area contributed by atoms with Gasteiger partial charge in [0, 0.05) is 35.9 Å². The van der Waals surface area contributed by atoms with E-state index < -0.39 is 0 Å². The van der Waals surface area contributed by atoms with Gasteiger partial charge in [0.05, 0.1) is 11.0 Å². The second-order valence-electron chi connectivity index (χ2n) is 8.57. The summed E-state index contributed by atoms with van der Waals surface area (Å²) in [4.78, 5) is 5.01. The molecule has 0 aliphatic heterocycles. The van der Waals surface area contributed by atoms with Crippen LogP contribution in [0.15, 0.2) is 120 Å². The number of hydrogen-bond acceptors (Lipinski definition) is 2. The predicted molar refractivity (Wildman–Crippen MR) is 153 cm³/mol. The molecule has 0 N–H and O–H groups in total. The van der Waals surface area contributed by atoms with Gasteiger partial charge in [-0.3, -0.25) is 4.57 Å². The van der Waals surface area contributed by atoms with Crippen LogP contribution in [0, 0.1) is 0 Å². The lowest BCUT2D eigenvalue weighted by molar-refractivity contribution is 1.10. The van der Waals surface area contributed by atoms with Gasteiger partial charge in [-0.15, -0.1) is 11.3 Å². The second kappa shape index (κ2) is 8.19. The van der Waals surface area contributed by atoms with E-state index in [2.05, 4.69) is 124 Å². The van der Waals surface area contributed by atoms with E-state index in [0.29, 0.717) is 0 Å². The first kappa shape index (κ1) is 20.6. The topological polar surface area (TPSA) is 17.8 Å². The molecule has 0 aliphatic rings. The minimum absolute atomic E-state index is 0.952. The van der Waals surface area contributed by atoms with E-state index in [1.807, 2.05) is 23.5 Å². The Hall–Kier alpha value is -3.73. The van der Waals surface area contributed by atoms with Gasteiger partial charge in [0.2, 0.25) is 0 Å². The van der Waals surface area contributed by atoms with Gasteiger partial charge in [0.1, 0.15) is 5.82 Å². The van der Waals surface area contributed by atoms with Crippen LogP contribution in [0.2, 0.25) is 0 Å². The van der Waals surface area contributed by atoms with E-state index in [1.165, 1.54) is 31.3 Å². The number of aromatic nitrogens is 2. The summed E-state index contributed by atoms with van der Waals surface area (Å²) in [5, 5.41) is 2.60. The number of rotatable bonds is 3. The standard InChI is InChI=1S/C31H19BrN2S/c32-26-13-7-12-25-24-11-6-10-23(29(24)35-30(25)26)20-16-18-21(19-17-20)31-33-27-14-4-5-15-28(27)34(31)22-8-2-1-3-9-22/h1-19H. The average Bonchev–Trinajstić information content (AvgIpc) is 3.49. The Balaban J connectivity index is 1.38. The molecule has 2 aromatic heterocycles. The van der Waals surface area contributed by atoms with Crippen molar-refractivity contribution in [2.75, 3.05) is 0 Å². The summed E-state index contributed by atoms with van der Waals surface area (Å²) in [6.45, 7) is 0. The monoisotopic (exact) mass is 530 g/mol. The molecule has 0 saturated carbocycles. The van der Waals surface area contributed by atoms with E-state index in [1.54, 1.807) is 0 Å². The number of hydrogen-bond donors (Lipinski definition) is 0. The number of nitrogens with zero attached hydrogens (tertiary/aromatic N) is 2. The maximum absolute atomic E-state index is 5.01. The molecule has 2 nitrogen and oxygen atoms in total. The second-order valence-corrected chi connectivity index (χ2v) is 10.4. The number of para-hydroxylation sites is 3. The molecule has 4 heteroatoms. The molecule has 0 bridgehead atoms. The third kappa shape index (κ3) is 3.33. The van der Waals surface area contributed by atoms with Crippen molar-refractivity contribution in [3.63, 3.8) is 0 Å². The van der Waals surface area contributed by atoms with Crippen molar-refractivity contribution in [2.45, 2.75) is 0 Å². The molecule has 7 aromatic rings. The van der Waals surface area contributed by atoms with Crippen LogP contribution in [-0.2, 0) is 0 Å². The summed E-state index contributed by atoms with van der Waals surface area (Å²) in [6, 6.07) is 40.6. The van der Waals surface area contributed by atoms with Crippen molar-refractivity contribution in [1.82, 2.24) is 9.55 Å². The summed E-state index contributed by atoms with van der Waals surface area (Å²) in [5.74, 6) is 0.952. The van der Waals surface area contributed by atoms with E-state index in [4.69, 9.17) is 4.98 Å². The zero-order chi connectivity index (χ0) is 23.4. The first-order valence-electron chi connectivity index (χ1n) is 11.5. The number of imidazole rings is 1. The Morgan fingerprint density at radius 1 is 0.600 bits per heavy atom. The van der Waals surface area contributed by atoms with Gasteiger partial charge in [0.15, 0.2) is 0 Å². The van der Waals surface area contributed by atoms with Crippen LogP contribution in [0.1, 0.15) is 0 Å². The number of benzene rings is 5. The largest absolute Gasteiger partial charge is 0.292 e. The number of halogens is 1. The van der Waals surface area contributed by atoms with Crippen molar-refractivity contribution in [2.24, 2.45) is 0 Å². The predicted octanol–water partition coefficient (Wildman–Crippen LogP) is 9.49. The normalized spacial score (nSPS) is 11.6. The van der Waals surface area contributed by atoms with Crippen molar-refractivity contribution in [3.05, 3.63) is 120 Å². The Morgan fingerprint density at radius 2 is 1.29 bits per heavy atom. The molecule has 0 atom stereocenters. The molecule has 2 heterocycles. The first-order valence-corrected chi connectivity index (χ1v) is 13.1. The van der Waals surface area contributed by atoms with Gasteiger partial charge < -0.3 is 0 Å². The fourth-order valence-electron chi connectivity index (χ4n) is 4.87. The fraction of sp³-hybridized carbons (Fsp3) is 0. The molecular formula is C31H19BrN2S. The van der Waals surface area contributed by atoms with Gasteiger partial charge in [-0.1, -0.05) is 84.9 Å². The maximum Gasteiger partial charge on any atom is 0.145 e. The first-order chi connectivity index (χ1) is 17.3. The Bertz CT molecular complexity index is 1850. The van der Waals surface area contributed by atoms with E-state index >= 15 is 0 Å². The highest BCUT2D eigenvalue weighted by Gasteiger charge is 2.15. The molecule has 0 amide bonds. The SMILES string of the molecule is Brc1cccc2c1sc1c(-c3ccc(-c4nc5ccccc5n4-c4ccccc4)cc3)cccc12. The minimum atomic E-state index is 0.952. The van der Waals surface area contributed by atoms with Gasteiger partial charge in [-0.25, -0.2) is 4.98 Å². The van der Waals surface area contributed by atoms with Crippen LogP contribution in [0.4, 0.5) is 0 Å². The molecule has 0 aliphatic carbocycles. The van der Waals surface area contributed by atoms with Crippen LogP contribution in [-0.4, -0.2) is 9.55 Å². The maximum atomic E-state index is 5.01. The smallest absolute Gasteiger partial charge is 0.145 e. The van der Waals surface area contributed by atoms with Crippen molar-refractivity contribution >= 4 is 58.5 Å². The van der Waals surface area contributed by atoms with Crippen LogP contribution in [0.5, 0.6) is 0 Å². The van der Waals surface area contributed by atoms with Crippen LogP contribution in [0.3, 0.4) is 0 Å². The highest BCUT2D eigenvalue weighted by atomic mass is 79.9. The average molecular weight is 531 g/mol. The Kier molecular flexibility index (Phi) is 4.83. The molecule has 35 heavy (non-hydrogen) atoms. The number of thiophene rings is 1. The van der Waals surface area contributed by atoms with Crippen LogP contribution < -0.4 is 0 Å². The van der Waals surface area contributed by atoms with E-state index in [-0.39, 0.29) is 0 Å². The lowest BCUT2D eigenvalue weighted by Crippen LogP contribution is -1.97. The summed E-state index contributed by atoms with van der Waals surface area (Å²) < 4.78 is 6.01. The number of fused-ring (bicyclic) bond motifs is 4. The molecule has 0 fully saturated rings. The molecule has 0 radical (unpaired) electrons. The summed E-state index contributed by atoms with van der Waals surface area (Å²) in [7, 11) is 0. The van der Waals surface area contributed by atoms with Crippen molar-refractivity contribution in [1.29, 1.82) is 0 Å². The molecule has 7 rings (SSSR count). The molecule has 0 unspecified atom stereocenters. The molecular weight excluding hydrogens is 512 g/mol. The van der Waals surface area contributed by atoms with E-state index in [0.717, 1.165) is 32.6 Å². The molecule has 0 saturated heterocycles. The molecule has 166 valence electrons. The van der Waals surface area contributed by atoms with Gasteiger partial charge in [0.25, 0.3) is 0 Å². The minimum Gasteiger partial charge on any atom is -0.292 e. The van der Waals surface area contributed by atoms with Gasteiger partial charge in [-0.2, -0.15) is 0 Å². The quantitative estimate of drug-likeness (QED) is 0.222. The van der Waals surface area contributed by atoms with Crippen LogP contribution in [0.25, 0.3) is 59.4 Å². The lowest BCUT2D eigenvalue weighted by atomic mass is 10.0. The molecule has 5 aromatic carbocycles. The van der Waals surface area contributed by atoms with Gasteiger partial charge >= 0.3 is 0 Å². The lowest BCUT2D eigenvalue weighted by Gasteiger charge is -2.10. The zero-order valence-electron chi connectivity index (χ0n) is 18.7. The van der Waals surface area contributed by atoms with Crippen molar-refractivity contribution in [3.8, 4) is 28.2 Å². The zero-order valence-corrected chi connectivity index (χ0v) is 21.1. The fourth-order valence-corrected chi connectivity index (χ4v) is 6.72. The third-order valence-electron chi connectivity index (χ3n) is 6.51. The summed E-state index contributed by atoms with van der Waals surface area (Å²) in [5.41, 5.74) is 6.79. The van der Waals surface area contributed by atoms with Crippen LogP contribution >= 0.6 is 27.3 Å².